The summed E-state index contributed by atoms with van der Waals surface area (Å²) in [7, 11) is 0. The standard InChI is InChI=1S/C17H21N3S.ClH/c1-2-4-13(5-3-1)17-19-15(12-21-17)11-20-9-7-16-14(10-20)6-8-18-16;/h1-5,12,14,16,18H,6-11H2;1H. The van der Waals surface area contributed by atoms with Crippen LogP contribution >= 0.6 is 23.7 Å². The molecule has 0 spiro atoms. The molecule has 1 aromatic carbocycles. The van der Waals surface area contributed by atoms with E-state index in [2.05, 4.69) is 45.9 Å². The molecule has 5 heteroatoms. The highest BCUT2D eigenvalue weighted by Gasteiger charge is 2.32. The Kier molecular flexibility index (Phi) is 5.14. The number of fused-ring (bicyclic) bond motifs is 1. The molecule has 4 rings (SSSR count). The Morgan fingerprint density at radius 2 is 2.09 bits per heavy atom. The van der Waals surface area contributed by atoms with Gasteiger partial charge >= 0.3 is 0 Å². The number of aromatic nitrogens is 1. The fourth-order valence-electron chi connectivity index (χ4n) is 3.59. The van der Waals surface area contributed by atoms with E-state index in [0.717, 1.165) is 23.5 Å². The van der Waals surface area contributed by atoms with Crippen molar-refractivity contribution < 1.29 is 0 Å². The van der Waals surface area contributed by atoms with Crippen molar-refractivity contribution in [1.82, 2.24) is 15.2 Å². The second-order valence-corrected chi connectivity index (χ2v) is 7.00. The minimum Gasteiger partial charge on any atom is -0.314 e. The number of benzene rings is 1. The summed E-state index contributed by atoms with van der Waals surface area (Å²) in [6.07, 6.45) is 2.63. The molecular weight excluding hydrogens is 314 g/mol. The van der Waals surface area contributed by atoms with E-state index in [1.165, 1.54) is 43.7 Å². The van der Waals surface area contributed by atoms with E-state index in [1.807, 2.05) is 0 Å². The Morgan fingerprint density at radius 1 is 1.23 bits per heavy atom. The first-order valence-corrected chi connectivity index (χ1v) is 8.72. The normalized spacial score (nSPS) is 24.7. The van der Waals surface area contributed by atoms with Crippen LogP contribution in [0.3, 0.4) is 0 Å². The highest BCUT2D eigenvalue weighted by Crippen LogP contribution is 2.27. The molecular formula is C17H22ClN3S. The minimum absolute atomic E-state index is 0. The Hall–Kier alpha value is -0.940. The Labute approximate surface area is 142 Å². The summed E-state index contributed by atoms with van der Waals surface area (Å²) in [5.74, 6) is 0.853. The lowest BCUT2D eigenvalue weighted by Gasteiger charge is -2.34. The molecule has 0 saturated carbocycles. The van der Waals surface area contributed by atoms with E-state index < -0.39 is 0 Å². The first-order chi connectivity index (χ1) is 10.4. The summed E-state index contributed by atoms with van der Waals surface area (Å²) in [6, 6.07) is 11.3. The number of nitrogens with one attached hydrogen (secondary N) is 1. The maximum atomic E-state index is 4.82. The average molecular weight is 336 g/mol. The molecule has 2 aliphatic rings. The molecule has 22 heavy (non-hydrogen) atoms. The van der Waals surface area contributed by atoms with Crippen LogP contribution in [0.1, 0.15) is 18.5 Å². The first kappa shape index (κ1) is 15.9. The van der Waals surface area contributed by atoms with Crippen molar-refractivity contribution in [3.63, 3.8) is 0 Å². The molecule has 2 unspecified atom stereocenters. The van der Waals surface area contributed by atoms with Crippen LogP contribution in [-0.4, -0.2) is 35.6 Å². The van der Waals surface area contributed by atoms with Gasteiger partial charge in [-0.25, -0.2) is 4.98 Å². The molecule has 2 aliphatic heterocycles. The molecule has 2 atom stereocenters. The van der Waals surface area contributed by atoms with Crippen LogP contribution in [-0.2, 0) is 6.54 Å². The minimum atomic E-state index is 0. The fraction of sp³-hybridized carbons (Fsp3) is 0.471. The van der Waals surface area contributed by atoms with Gasteiger partial charge in [-0.05, 0) is 25.3 Å². The van der Waals surface area contributed by atoms with Gasteiger partial charge in [-0.15, -0.1) is 23.7 Å². The maximum absolute atomic E-state index is 4.82. The van der Waals surface area contributed by atoms with E-state index in [-0.39, 0.29) is 12.4 Å². The molecule has 1 aromatic heterocycles. The van der Waals surface area contributed by atoms with E-state index >= 15 is 0 Å². The second kappa shape index (κ2) is 7.09. The van der Waals surface area contributed by atoms with Crippen molar-refractivity contribution >= 4 is 23.7 Å². The van der Waals surface area contributed by atoms with Crippen LogP contribution in [0, 0.1) is 5.92 Å². The third kappa shape index (κ3) is 3.35. The molecule has 3 nitrogen and oxygen atoms in total. The number of piperidine rings is 1. The number of nitrogens with zero attached hydrogens (tertiary/aromatic N) is 2. The summed E-state index contributed by atoms with van der Waals surface area (Å²) >= 11 is 1.76. The summed E-state index contributed by atoms with van der Waals surface area (Å²) < 4.78 is 0. The van der Waals surface area contributed by atoms with Gasteiger partial charge in [0.15, 0.2) is 0 Å². The molecule has 2 saturated heterocycles. The van der Waals surface area contributed by atoms with Crippen LogP contribution in [0.2, 0.25) is 0 Å². The summed E-state index contributed by atoms with van der Waals surface area (Å²) in [6.45, 7) is 4.65. The lowest BCUT2D eigenvalue weighted by Crippen LogP contribution is -2.43. The second-order valence-electron chi connectivity index (χ2n) is 6.14. The van der Waals surface area contributed by atoms with Gasteiger partial charge in [0.05, 0.1) is 5.69 Å². The Morgan fingerprint density at radius 3 is 2.95 bits per heavy atom. The number of rotatable bonds is 3. The van der Waals surface area contributed by atoms with Crippen LogP contribution in [0.4, 0.5) is 0 Å². The molecule has 1 N–H and O–H groups in total. The lowest BCUT2D eigenvalue weighted by atomic mass is 9.93. The van der Waals surface area contributed by atoms with Crippen molar-refractivity contribution in [3.05, 3.63) is 41.4 Å². The SMILES string of the molecule is Cl.c1ccc(-c2nc(CN3CCC4NCCC4C3)cs2)cc1. The zero-order valence-electron chi connectivity index (χ0n) is 12.6. The lowest BCUT2D eigenvalue weighted by molar-refractivity contribution is 0.154. The Bertz CT molecular complexity index is 601. The van der Waals surface area contributed by atoms with E-state index in [4.69, 9.17) is 4.98 Å². The monoisotopic (exact) mass is 335 g/mol. The number of halogens is 1. The van der Waals surface area contributed by atoms with E-state index in [1.54, 1.807) is 11.3 Å². The summed E-state index contributed by atoms with van der Waals surface area (Å²) in [5, 5.41) is 6.99. The zero-order valence-corrected chi connectivity index (χ0v) is 14.2. The van der Waals surface area contributed by atoms with Crippen LogP contribution in [0.25, 0.3) is 10.6 Å². The van der Waals surface area contributed by atoms with E-state index in [9.17, 15) is 0 Å². The highest BCUT2D eigenvalue weighted by molar-refractivity contribution is 7.13. The molecule has 2 fully saturated rings. The number of thiazole rings is 1. The van der Waals surface area contributed by atoms with Gasteiger partial charge in [0.2, 0.25) is 0 Å². The number of likely N-dealkylation sites (tertiary alicyclic amines) is 1. The topological polar surface area (TPSA) is 28.2 Å². The maximum Gasteiger partial charge on any atom is 0.123 e. The van der Waals surface area contributed by atoms with Crippen molar-refractivity contribution in [2.75, 3.05) is 19.6 Å². The predicted molar refractivity (Wildman–Crippen MR) is 94.6 cm³/mol. The van der Waals surface area contributed by atoms with E-state index in [0.29, 0.717) is 0 Å². The quantitative estimate of drug-likeness (QED) is 0.931. The molecule has 3 heterocycles. The summed E-state index contributed by atoms with van der Waals surface area (Å²) in [5.41, 5.74) is 2.45. The number of hydrogen-bond donors (Lipinski definition) is 1. The largest absolute Gasteiger partial charge is 0.314 e. The zero-order chi connectivity index (χ0) is 14.1. The fourth-order valence-corrected chi connectivity index (χ4v) is 4.41. The van der Waals surface area contributed by atoms with Crippen LogP contribution in [0.15, 0.2) is 35.7 Å². The smallest absolute Gasteiger partial charge is 0.123 e. The molecule has 0 aliphatic carbocycles. The average Bonchev–Trinajstić information content (AvgIpc) is 3.17. The third-order valence-electron chi connectivity index (χ3n) is 4.70. The van der Waals surface area contributed by atoms with Gasteiger partial charge in [-0.2, -0.15) is 0 Å². The molecule has 0 radical (unpaired) electrons. The highest BCUT2D eigenvalue weighted by atomic mass is 35.5. The molecule has 118 valence electrons. The van der Waals surface area contributed by atoms with Gasteiger partial charge in [-0.3, -0.25) is 4.90 Å². The van der Waals surface area contributed by atoms with Gasteiger partial charge in [0.1, 0.15) is 5.01 Å². The Balaban J connectivity index is 0.00000144. The predicted octanol–water partition coefficient (Wildman–Crippen LogP) is 3.42. The van der Waals surface area contributed by atoms with Gasteiger partial charge in [0, 0.05) is 36.6 Å². The van der Waals surface area contributed by atoms with Crippen molar-refractivity contribution in [3.8, 4) is 10.6 Å². The van der Waals surface area contributed by atoms with Crippen molar-refractivity contribution in [2.24, 2.45) is 5.92 Å². The first-order valence-electron chi connectivity index (χ1n) is 7.84. The number of hydrogen-bond acceptors (Lipinski definition) is 4. The molecule has 0 amide bonds. The molecule has 0 bridgehead atoms. The summed E-state index contributed by atoms with van der Waals surface area (Å²) in [4.78, 5) is 7.40. The molecule has 2 aromatic rings. The van der Waals surface area contributed by atoms with Crippen molar-refractivity contribution in [2.45, 2.75) is 25.4 Å². The van der Waals surface area contributed by atoms with Crippen molar-refractivity contribution in [1.29, 1.82) is 0 Å². The van der Waals surface area contributed by atoms with Gasteiger partial charge in [0.25, 0.3) is 0 Å². The van der Waals surface area contributed by atoms with Crippen LogP contribution in [0.5, 0.6) is 0 Å². The van der Waals surface area contributed by atoms with Gasteiger partial charge in [-0.1, -0.05) is 30.3 Å². The van der Waals surface area contributed by atoms with Crippen LogP contribution < -0.4 is 5.32 Å². The third-order valence-corrected chi connectivity index (χ3v) is 5.64. The van der Waals surface area contributed by atoms with Gasteiger partial charge < -0.3 is 5.32 Å².